The molecular formula is C13H22. The molecule has 0 unspecified atom stereocenters. The van der Waals surface area contributed by atoms with Crippen LogP contribution in [0.2, 0.25) is 0 Å². The molecule has 0 heteroatoms. The van der Waals surface area contributed by atoms with Gasteiger partial charge in [0.15, 0.2) is 0 Å². The van der Waals surface area contributed by atoms with Crippen molar-refractivity contribution in [2.75, 3.05) is 0 Å². The van der Waals surface area contributed by atoms with Gasteiger partial charge in [-0.25, -0.2) is 0 Å². The van der Waals surface area contributed by atoms with Crippen LogP contribution in [0.3, 0.4) is 0 Å². The lowest BCUT2D eigenvalue weighted by Gasteiger charge is -1.99. The van der Waals surface area contributed by atoms with Crippen LogP contribution in [0, 0.1) is 0 Å². The molecule has 74 valence electrons. The van der Waals surface area contributed by atoms with Crippen molar-refractivity contribution in [2.24, 2.45) is 0 Å². The zero-order chi connectivity index (χ0) is 9.19. The predicted octanol–water partition coefficient (Wildman–Crippen LogP) is 4.61. The van der Waals surface area contributed by atoms with Crippen molar-refractivity contribution in [1.82, 2.24) is 0 Å². The Bertz CT molecular complexity index is 145. The highest BCUT2D eigenvalue weighted by molar-refractivity contribution is 4.84. The molecule has 0 saturated heterocycles. The SMILES string of the molecule is C1=CCCCCCCCCCCC=1. The van der Waals surface area contributed by atoms with Gasteiger partial charge in [-0.15, -0.1) is 5.73 Å². The van der Waals surface area contributed by atoms with Gasteiger partial charge in [0.25, 0.3) is 0 Å². The predicted molar refractivity (Wildman–Crippen MR) is 58.8 cm³/mol. The summed E-state index contributed by atoms with van der Waals surface area (Å²) in [5.74, 6) is 0. The number of allylic oxidation sites excluding steroid dienone is 1. The third kappa shape index (κ3) is 6.66. The maximum absolute atomic E-state index is 3.27. The van der Waals surface area contributed by atoms with Crippen molar-refractivity contribution in [1.29, 1.82) is 0 Å². The molecule has 0 nitrogen and oxygen atoms in total. The van der Waals surface area contributed by atoms with Crippen LogP contribution in [0.15, 0.2) is 17.9 Å². The van der Waals surface area contributed by atoms with Crippen molar-refractivity contribution in [2.45, 2.75) is 64.2 Å². The van der Waals surface area contributed by atoms with Crippen LogP contribution in [0.4, 0.5) is 0 Å². The lowest BCUT2D eigenvalue weighted by molar-refractivity contribution is 0.572. The van der Waals surface area contributed by atoms with Crippen LogP contribution in [0.5, 0.6) is 0 Å². The summed E-state index contributed by atoms with van der Waals surface area (Å²) < 4.78 is 0. The van der Waals surface area contributed by atoms with Gasteiger partial charge < -0.3 is 0 Å². The lowest BCUT2D eigenvalue weighted by Crippen LogP contribution is -1.80. The van der Waals surface area contributed by atoms with E-state index in [1.54, 1.807) is 0 Å². The van der Waals surface area contributed by atoms with Gasteiger partial charge in [-0.05, 0) is 37.8 Å². The molecule has 0 aromatic carbocycles. The van der Waals surface area contributed by atoms with Crippen LogP contribution < -0.4 is 0 Å². The fourth-order valence-electron chi connectivity index (χ4n) is 1.80. The first kappa shape index (κ1) is 10.6. The highest BCUT2D eigenvalue weighted by Crippen LogP contribution is 2.11. The van der Waals surface area contributed by atoms with E-state index in [-0.39, 0.29) is 0 Å². The minimum absolute atomic E-state index is 1.23. The Morgan fingerprint density at radius 3 is 1.38 bits per heavy atom. The molecule has 0 fully saturated rings. The molecule has 0 radical (unpaired) electrons. The minimum Gasteiger partial charge on any atom is -0.130 e. The molecule has 1 rings (SSSR count). The average molecular weight is 178 g/mol. The molecule has 0 atom stereocenters. The van der Waals surface area contributed by atoms with Gasteiger partial charge in [0.2, 0.25) is 0 Å². The smallest absolute Gasteiger partial charge is 0.0274 e. The summed E-state index contributed by atoms with van der Waals surface area (Å²) in [4.78, 5) is 0. The minimum atomic E-state index is 1.23. The fourth-order valence-corrected chi connectivity index (χ4v) is 1.80. The molecule has 13 heavy (non-hydrogen) atoms. The van der Waals surface area contributed by atoms with Gasteiger partial charge in [-0.3, -0.25) is 0 Å². The van der Waals surface area contributed by atoms with Crippen LogP contribution in [0.1, 0.15) is 64.2 Å². The Morgan fingerprint density at radius 2 is 0.923 bits per heavy atom. The van der Waals surface area contributed by atoms with E-state index in [9.17, 15) is 0 Å². The Labute approximate surface area is 82.7 Å². The Balaban J connectivity index is 2.18. The maximum Gasteiger partial charge on any atom is -0.0274 e. The summed E-state index contributed by atoms with van der Waals surface area (Å²) >= 11 is 0. The van der Waals surface area contributed by atoms with Crippen molar-refractivity contribution in [3.63, 3.8) is 0 Å². The molecule has 0 amide bonds. The molecule has 0 N–H and O–H groups in total. The van der Waals surface area contributed by atoms with Crippen LogP contribution in [0.25, 0.3) is 0 Å². The lowest BCUT2D eigenvalue weighted by atomic mass is 10.1. The fraction of sp³-hybridized carbons (Fsp3) is 0.769. The molecule has 1 aliphatic carbocycles. The van der Waals surface area contributed by atoms with E-state index in [0.717, 1.165) is 0 Å². The first-order valence-corrected chi connectivity index (χ1v) is 5.89. The monoisotopic (exact) mass is 178 g/mol. The quantitative estimate of drug-likeness (QED) is 0.475. The molecule has 1 aliphatic rings. The highest BCUT2D eigenvalue weighted by Gasteiger charge is 1.91. The van der Waals surface area contributed by atoms with E-state index in [2.05, 4.69) is 17.9 Å². The third-order valence-corrected chi connectivity index (χ3v) is 2.68. The molecule has 0 aromatic heterocycles. The van der Waals surface area contributed by atoms with Gasteiger partial charge in [0.05, 0.1) is 0 Å². The van der Waals surface area contributed by atoms with Crippen molar-refractivity contribution >= 4 is 0 Å². The molecule has 0 aromatic rings. The molecule has 0 saturated carbocycles. The summed E-state index contributed by atoms with van der Waals surface area (Å²) in [6, 6.07) is 0. The highest BCUT2D eigenvalue weighted by atomic mass is 14.0. The maximum atomic E-state index is 3.27. The molecule has 0 heterocycles. The third-order valence-electron chi connectivity index (χ3n) is 2.68. The van der Waals surface area contributed by atoms with Gasteiger partial charge >= 0.3 is 0 Å². The number of rotatable bonds is 0. The average Bonchev–Trinajstić information content (AvgIpc) is 2.18. The van der Waals surface area contributed by atoms with Crippen molar-refractivity contribution < 1.29 is 0 Å². The normalized spacial score (nSPS) is 21.5. The summed E-state index contributed by atoms with van der Waals surface area (Å²) in [5, 5.41) is 0. The zero-order valence-electron chi connectivity index (χ0n) is 8.73. The van der Waals surface area contributed by atoms with Gasteiger partial charge in [-0.1, -0.05) is 38.5 Å². The van der Waals surface area contributed by atoms with E-state index in [1.807, 2.05) is 0 Å². The van der Waals surface area contributed by atoms with Gasteiger partial charge in [-0.2, -0.15) is 0 Å². The summed E-state index contributed by atoms with van der Waals surface area (Å²) in [6.07, 6.45) is 18.2. The molecule has 0 spiro atoms. The van der Waals surface area contributed by atoms with Crippen molar-refractivity contribution in [3.8, 4) is 0 Å². The Kier molecular flexibility index (Phi) is 6.63. The van der Waals surface area contributed by atoms with Crippen LogP contribution >= 0.6 is 0 Å². The number of hydrogen-bond donors (Lipinski definition) is 0. The Hall–Kier alpha value is -0.480. The van der Waals surface area contributed by atoms with Crippen LogP contribution in [-0.2, 0) is 0 Å². The van der Waals surface area contributed by atoms with Crippen LogP contribution in [-0.4, -0.2) is 0 Å². The summed E-state index contributed by atoms with van der Waals surface area (Å²) in [5.41, 5.74) is 3.27. The largest absolute Gasteiger partial charge is 0.130 e. The molecular weight excluding hydrogens is 156 g/mol. The topological polar surface area (TPSA) is 0 Å². The molecule has 0 bridgehead atoms. The van der Waals surface area contributed by atoms with Gasteiger partial charge in [0.1, 0.15) is 0 Å². The van der Waals surface area contributed by atoms with Gasteiger partial charge in [0, 0.05) is 0 Å². The first-order chi connectivity index (χ1) is 6.50. The Morgan fingerprint density at radius 1 is 0.538 bits per heavy atom. The van der Waals surface area contributed by atoms with E-state index < -0.39 is 0 Å². The second kappa shape index (κ2) is 8.13. The second-order valence-corrected chi connectivity index (χ2v) is 3.98. The van der Waals surface area contributed by atoms with Crippen molar-refractivity contribution in [3.05, 3.63) is 17.9 Å². The first-order valence-electron chi connectivity index (χ1n) is 5.89. The summed E-state index contributed by atoms with van der Waals surface area (Å²) in [7, 11) is 0. The van der Waals surface area contributed by atoms with E-state index >= 15 is 0 Å². The number of hydrogen-bond acceptors (Lipinski definition) is 0. The zero-order valence-corrected chi connectivity index (χ0v) is 8.73. The second-order valence-electron chi connectivity index (χ2n) is 3.98. The van der Waals surface area contributed by atoms with E-state index in [0.29, 0.717) is 0 Å². The standard InChI is InChI=1S/C13H22/c1-2-4-6-8-10-12-13-11-9-7-5-3-1/h1,5H,2,4,6-13H2. The van der Waals surface area contributed by atoms with E-state index in [1.165, 1.54) is 64.2 Å². The summed E-state index contributed by atoms with van der Waals surface area (Å²) in [6.45, 7) is 0. The van der Waals surface area contributed by atoms with E-state index in [4.69, 9.17) is 0 Å². The molecule has 0 aliphatic heterocycles.